The van der Waals surface area contributed by atoms with Gasteiger partial charge in [-0.2, -0.15) is 0 Å². The van der Waals surface area contributed by atoms with Gasteiger partial charge in [-0.1, -0.05) is 0 Å². The molecule has 0 fully saturated rings. The summed E-state index contributed by atoms with van der Waals surface area (Å²) in [5, 5.41) is 10.3. The summed E-state index contributed by atoms with van der Waals surface area (Å²) in [4.78, 5) is 4.76. The van der Waals surface area contributed by atoms with Crippen molar-refractivity contribution in [1.29, 1.82) is 0 Å². The van der Waals surface area contributed by atoms with Crippen LogP contribution in [0.4, 0.5) is 0 Å². The molecule has 0 bridgehead atoms. The molecule has 2 heterocycles. The maximum Gasteiger partial charge on any atom is 0.165 e. The normalized spacial score (nSPS) is 14.0. The average Bonchev–Trinajstić information content (AvgIpc) is 3.05. The van der Waals surface area contributed by atoms with E-state index in [0.29, 0.717) is 19.7 Å². The Morgan fingerprint density at radius 1 is 1.10 bits per heavy atom. The molecule has 0 radical (unpaired) electrons. The van der Waals surface area contributed by atoms with E-state index in [1.54, 1.807) is 37.7 Å². The van der Waals surface area contributed by atoms with E-state index in [4.69, 9.17) is 14.2 Å². The summed E-state index contributed by atoms with van der Waals surface area (Å²) in [6, 6.07) is 13.8. The van der Waals surface area contributed by atoms with Gasteiger partial charge in [0.2, 0.25) is 0 Å². The number of methoxy groups -OCH3 is 2. The minimum absolute atomic E-state index is 0.275. The van der Waals surface area contributed by atoms with Crippen LogP contribution < -0.4 is 14.2 Å². The lowest BCUT2D eigenvalue weighted by atomic mass is 10.1. The van der Waals surface area contributed by atoms with Gasteiger partial charge in [0.15, 0.2) is 11.5 Å². The van der Waals surface area contributed by atoms with Crippen LogP contribution in [0.5, 0.6) is 23.0 Å². The zero-order chi connectivity index (χ0) is 20.4. The number of phenols is 1. The summed E-state index contributed by atoms with van der Waals surface area (Å²) in [5.41, 5.74) is 3.06. The summed E-state index contributed by atoms with van der Waals surface area (Å²) >= 11 is 1.77. The van der Waals surface area contributed by atoms with Crippen molar-refractivity contribution in [3.05, 3.63) is 58.5 Å². The molecule has 0 atom stereocenters. The lowest BCUT2D eigenvalue weighted by Crippen LogP contribution is -2.25. The first-order valence-corrected chi connectivity index (χ1v) is 10.4. The lowest BCUT2D eigenvalue weighted by molar-refractivity contribution is 0.215. The number of thiophene rings is 1. The van der Waals surface area contributed by atoms with Gasteiger partial charge in [0.25, 0.3) is 0 Å². The van der Waals surface area contributed by atoms with E-state index >= 15 is 0 Å². The van der Waals surface area contributed by atoms with Crippen molar-refractivity contribution in [2.75, 3.05) is 27.4 Å². The predicted molar refractivity (Wildman–Crippen MR) is 115 cm³/mol. The van der Waals surface area contributed by atoms with Crippen molar-refractivity contribution < 1.29 is 19.3 Å². The summed E-state index contributed by atoms with van der Waals surface area (Å²) in [6.07, 6.45) is 0. The molecular weight excluding hydrogens is 386 g/mol. The molecular formula is C23H25NO4S. The number of nitrogens with zero attached hydrogens (tertiary/aromatic N) is 1. The lowest BCUT2D eigenvalue weighted by Gasteiger charge is -2.20. The summed E-state index contributed by atoms with van der Waals surface area (Å²) in [6.45, 7) is 4.74. The maximum absolute atomic E-state index is 10.3. The van der Waals surface area contributed by atoms with Crippen molar-refractivity contribution in [3.8, 4) is 33.4 Å². The standard InChI is InChI=1S/C23H25NO4S/c1-15-4-7-22(29-15)16-10-18-14-24(8-9-28-23(18)21(12-16)27-3)13-17-11-19(26-2)5-6-20(17)25/h4-7,10-12,25H,8-9,13-14H2,1-3H3. The van der Waals surface area contributed by atoms with Crippen molar-refractivity contribution in [2.24, 2.45) is 0 Å². The van der Waals surface area contributed by atoms with E-state index in [2.05, 4.69) is 30.0 Å². The molecule has 1 aliphatic heterocycles. The highest BCUT2D eigenvalue weighted by molar-refractivity contribution is 7.15. The Kier molecular flexibility index (Phi) is 5.65. The number of fused-ring (bicyclic) bond motifs is 1. The topological polar surface area (TPSA) is 51.2 Å². The molecule has 1 N–H and O–H groups in total. The van der Waals surface area contributed by atoms with E-state index in [0.717, 1.165) is 40.5 Å². The Morgan fingerprint density at radius 3 is 2.69 bits per heavy atom. The molecule has 2 aromatic carbocycles. The van der Waals surface area contributed by atoms with E-state index in [-0.39, 0.29) is 5.75 Å². The highest BCUT2D eigenvalue weighted by Crippen LogP contribution is 2.40. The molecule has 0 amide bonds. The minimum atomic E-state index is 0.275. The molecule has 0 saturated heterocycles. The van der Waals surface area contributed by atoms with Gasteiger partial charge in [0.05, 0.1) is 14.2 Å². The summed E-state index contributed by atoms with van der Waals surface area (Å²) < 4.78 is 17.0. The number of rotatable bonds is 5. The second-order valence-electron chi connectivity index (χ2n) is 7.13. The van der Waals surface area contributed by atoms with Crippen LogP contribution in [0.3, 0.4) is 0 Å². The Balaban J connectivity index is 1.65. The molecule has 4 rings (SSSR count). The quantitative estimate of drug-likeness (QED) is 0.651. The highest BCUT2D eigenvalue weighted by Gasteiger charge is 2.22. The molecule has 6 heteroatoms. The van der Waals surface area contributed by atoms with E-state index in [1.165, 1.54) is 9.75 Å². The van der Waals surface area contributed by atoms with Crippen LogP contribution in [0.1, 0.15) is 16.0 Å². The molecule has 152 valence electrons. The number of ether oxygens (including phenoxy) is 3. The number of hydrogen-bond donors (Lipinski definition) is 1. The van der Waals surface area contributed by atoms with Gasteiger partial charge in [-0.25, -0.2) is 0 Å². The molecule has 3 aromatic rings. The predicted octanol–water partition coefficient (Wildman–Crippen LogP) is 4.84. The fourth-order valence-corrected chi connectivity index (χ4v) is 4.47. The minimum Gasteiger partial charge on any atom is -0.508 e. The van der Waals surface area contributed by atoms with Gasteiger partial charge in [0.1, 0.15) is 18.1 Å². The van der Waals surface area contributed by atoms with Gasteiger partial charge in [-0.3, -0.25) is 4.90 Å². The van der Waals surface area contributed by atoms with Crippen LogP contribution in [0.15, 0.2) is 42.5 Å². The molecule has 0 saturated carbocycles. The highest BCUT2D eigenvalue weighted by atomic mass is 32.1. The molecule has 0 unspecified atom stereocenters. The largest absolute Gasteiger partial charge is 0.508 e. The zero-order valence-corrected chi connectivity index (χ0v) is 17.7. The van der Waals surface area contributed by atoms with Crippen molar-refractivity contribution in [3.63, 3.8) is 0 Å². The first-order valence-electron chi connectivity index (χ1n) is 9.56. The van der Waals surface area contributed by atoms with Gasteiger partial charge < -0.3 is 19.3 Å². The van der Waals surface area contributed by atoms with Crippen molar-refractivity contribution in [1.82, 2.24) is 4.90 Å². The van der Waals surface area contributed by atoms with E-state index in [1.807, 2.05) is 12.1 Å². The Labute approximate surface area is 175 Å². The molecule has 0 aliphatic carbocycles. The SMILES string of the molecule is COc1ccc(O)c(CN2CCOc3c(cc(-c4ccc(C)s4)cc3OC)C2)c1. The Bertz CT molecular complexity index is 1010. The second kappa shape index (κ2) is 8.35. The zero-order valence-electron chi connectivity index (χ0n) is 16.9. The van der Waals surface area contributed by atoms with Gasteiger partial charge in [-0.15, -0.1) is 11.3 Å². The third-order valence-corrected chi connectivity index (χ3v) is 6.15. The number of benzene rings is 2. The summed E-state index contributed by atoms with van der Waals surface area (Å²) in [7, 11) is 3.31. The summed E-state index contributed by atoms with van der Waals surface area (Å²) in [5.74, 6) is 2.58. The van der Waals surface area contributed by atoms with Crippen LogP contribution in [0.25, 0.3) is 10.4 Å². The smallest absolute Gasteiger partial charge is 0.165 e. The first-order chi connectivity index (χ1) is 14.1. The molecule has 5 nitrogen and oxygen atoms in total. The average molecular weight is 412 g/mol. The van der Waals surface area contributed by atoms with Gasteiger partial charge in [0, 0.05) is 40.5 Å². The molecule has 1 aliphatic rings. The first kappa shape index (κ1) is 19.6. The van der Waals surface area contributed by atoms with Crippen molar-refractivity contribution >= 4 is 11.3 Å². The molecule has 1 aromatic heterocycles. The molecule has 29 heavy (non-hydrogen) atoms. The van der Waals surface area contributed by atoms with Crippen LogP contribution in [0.2, 0.25) is 0 Å². The van der Waals surface area contributed by atoms with Crippen LogP contribution >= 0.6 is 11.3 Å². The van der Waals surface area contributed by atoms with Gasteiger partial charge >= 0.3 is 0 Å². The number of hydrogen-bond acceptors (Lipinski definition) is 6. The monoisotopic (exact) mass is 411 g/mol. The fourth-order valence-electron chi connectivity index (χ4n) is 3.61. The third kappa shape index (κ3) is 4.18. The molecule has 0 spiro atoms. The number of aromatic hydroxyl groups is 1. The van der Waals surface area contributed by atoms with E-state index in [9.17, 15) is 5.11 Å². The maximum atomic E-state index is 10.3. The Morgan fingerprint density at radius 2 is 1.97 bits per heavy atom. The number of phenolic OH excluding ortho intramolecular Hbond substituents is 1. The van der Waals surface area contributed by atoms with Crippen molar-refractivity contribution in [2.45, 2.75) is 20.0 Å². The van der Waals surface area contributed by atoms with Crippen LogP contribution in [-0.4, -0.2) is 37.4 Å². The number of aryl methyl sites for hydroxylation is 1. The fraction of sp³-hybridized carbons (Fsp3) is 0.304. The van der Waals surface area contributed by atoms with Crippen LogP contribution in [0, 0.1) is 6.92 Å². The van der Waals surface area contributed by atoms with Crippen LogP contribution in [-0.2, 0) is 13.1 Å². The Hall–Kier alpha value is -2.70. The second-order valence-corrected chi connectivity index (χ2v) is 8.42. The van der Waals surface area contributed by atoms with E-state index < -0.39 is 0 Å². The van der Waals surface area contributed by atoms with Gasteiger partial charge in [-0.05, 0) is 55.0 Å². The third-order valence-electron chi connectivity index (χ3n) is 5.11.